The van der Waals surface area contributed by atoms with Gasteiger partial charge in [0.2, 0.25) is 5.91 Å². The summed E-state index contributed by atoms with van der Waals surface area (Å²) in [5, 5.41) is 2.44. The van der Waals surface area contributed by atoms with Gasteiger partial charge in [0.1, 0.15) is 11.4 Å². The summed E-state index contributed by atoms with van der Waals surface area (Å²) in [5.41, 5.74) is 5.15. The summed E-state index contributed by atoms with van der Waals surface area (Å²) in [7, 11) is 1.42. The summed E-state index contributed by atoms with van der Waals surface area (Å²) >= 11 is 0. The van der Waals surface area contributed by atoms with Crippen molar-refractivity contribution >= 4 is 17.7 Å². The molecule has 1 aliphatic carbocycles. The second kappa shape index (κ2) is 7.71. The number of likely N-dealkylation sites (N-methyl/N-ethyl adjacent to an activating group) is 1. The number of hydrogen-bond donors (Lipinski definition) is 2. The lowest BCUT2D eigenvalue weighted by Crippen LogP contribution is -2.54. The van der Waals surface area contributed by atoms with Gasteiger partial charge in [-0.15, -0.1) is 0 Å². The van der Waals surface area contributed by atoms with E-state index in [0.29, 0.717) is 18.6 Å². The van der Waals surface area contributed by atoms with Crippen LogP contribution in [0.4, 0.5) is 4.39 Å². The Bertz CT molecular complexity index is 823. The third-order valence-electron chi connectivity index (χ3n) is 5.36. The number of primary amides is 1. The molecule has 0 spiro atoms. The van der Waals surface area contributed by atoms with Crippen LogP contribution in [0.3, 0.4) is 0 Å². The monoisotopic (exact) mass is 389 g/mol. The first-order chi connectivity index (χ1) is 13.3. The summed E-state index contributed by atoms with van der Waals surface area (Å²) in [6.07, 6.45) is 1.91. The van der Waals surface area contributed by atoms with Gasteiger partial charge in [0.25, 0.3) is 11.8 Å². The van der Waals surface area contributed by atoms with Gasteiger partial charge in [0, 0.05) is 32.7 Å². The third kappa shape index (κ3) is 3.64. The number of ether oxygens (including phenoxy) is 1. The average Bonchev–Trinajstić information content (AvgIpc) is 3.44. The number of rotatable bonds is 7. The molecule has 1 heterocycles. The van der Waals surface area contributed by atoms with Crippen molar-refractivity contribution in [3.05, 3.63) is 47.3 Å². The zero-order valence-corrected chi connectivity index (χ0v) is 15.9. The first kappa shape index (κ1) is 20.0. The molecule has 2 aliphatic rings. The standard InChI is InChI=1S/C20H24FN3O4/c1-3-28-16-8-15(16)20(19(22)27)9-14(17(25)23-2)18(26)24(11-20)10-12-4-6-13(21)7-5-12/h4-7,9,15-16H,3,8,10-11H2,1-2H3,(H2,22,27)(H,23,25)/t15-,16+,20?/m0/s1. The van der Waals surface area contributed by atoms with Crippen LogP contribution in [-0.2, 0) is 25.7 Å². The van der Waals surface area contributed by atoms with Gasteiger partial charge in [0.15, 0.2) is 0 Å². The van der Waals surface area contributed by atoms with Gasteiger partial charge in [-0.1, -0.05) is 12.1 Å². The van der Waals surface area contributed by atoms with Gasteiger partial charge < -0.3 is 20.7 Å². The highest BCUT2D eigenvalue weighted by Gasteiger charge is 2.59. The highest BCUT2D eigenvalue weighted by atomic mass is 19.1. The molecular weight excluding hydrogens is 365 g/mol. The molecule has 3 rings (SSSR count). The van der Waals surface area contributed by atoms with E-state index in [0.717, 1.165) is 0 Å². The molecule has 3 N–H and O–H groups in total. The lowest BCUT2D eigenvalue weighted by Gasteiger charge is -2.39. The van der Waals surface area contributed by atoms with Gasteiger partial charge in [0.05, 0.1) is 11.5 Å². The SMILES string of the molecule is CCO[C@@H]1C[C@@H]1C1(C(N)=O)C=C(C(=O)NC)C(=O)N(Cc2ccc(F)cc2)C1. The molecule has 28 heavy (non-hydrogen) atoms. The Balaban J connectivity index is 1.97. The number of amides is 3. The molecule has 3 amide bonds. The van der Waals surface area contributed by atoms with Gasteiger partial charge in [-0.25, -0.2) is 4.39 Å². The molecule has 1 aromatic carbocycles. The average molecular weight is 389 g/mol. The summed E-state index contributed by atoms with van der Waals surface area (Å²) in [6, 6.07) is 5.72. The number of nitrogens with one attached hydrogen (secondary N) is 1. The maximum absolute atomic E-state index is 13.2. The van der Waals surface area contributed by atoms with E-state index in [4.69, 9.17) is 10.5 Å². The Hall–Kier alpha value is -2.74. The molecule has 150 valence electrons. The van der Waals surface area contributed by atoms with Crippen molar-refractivity contribution < 1.29 is 23.5 Å². The maximum Gasteiger partial charge on any atom is 0.259 e. The Morgan fingerprint density at radius 1 is 1.36 bits per heavy atom. The summed E-state index contributed by atoms with van der Waals surface area (Å²) in [4.78, 5) is 39.2. The quantitative estimate of drug-likeness (QED) is 0.672. The smallest absolute Gasteiger partial charge is 0.259 e. The number of nitrogens with two attached hydrogens (primary N) is 1. The van der Waals surface area contributed by atoms with E-state index in [1.165, 1.54) is 30.2 Å². The second-order valence-electron chi connectivity index (χ2n) is 7.17. The van der Waals surface area contributed by atoms with Crippen molar-refractivity contribution in [2.45, 2.75) is 26.0 Å². The topological polar surface area (TPSA) is 102 Å². The Morgan fingerprint density at radius 2 is 2.04 bits per heavy atom. The Morgan fingerprint density at radius 3 is 2.61 bits per heavy atom. The van der Waals surface area contributed by atoms with E-state index in [9.17, 15) is 18.8 Å². The Labute approximate surface area is 162 Å². The maximum atomic E-state index is 13.2. The van der Waals surface area contributed by atoms with E-state index in [1.807, 2.05) is 6.92 Å². The fourth-order valence-corrected chi connectivity index (χ4v) is 3.83. The van der Waals surface area contributed by atoms with Crippen LogP contribution >= 0.6 is 0 Å². The van der Waals surface area contributed by atoms with Gasteiger partial charge in [-0.3, -0.25) is 14.4 Å². The van der Waals surface area contributed by atoms with Crippen molar-refractivity contribution in [3.8, 4) is 0 Å². The van der Waals surface area contributed by atoms with E-state index in [-0.39, 0.29) is 36.5 Å². The largest absolute Gasteiger partial charge is 0.378 e. The Kier molecular flexibility index (Phi) is 5.51. The lowest BCUT2D eigenvalue weighted by molar-refractivity contribution is -0.137. The van der Waals surface area contributed by atoms with Gasteiger partial charge in [-0.2, -0.15) is 0 Å². The summed E-state index contributed by atoms with van der Waals surface area (Å²) in [6.45, 7) is 2.55. The minimum absolute atomic E-state index is 0.0489. The summed E-state index contributed by atoms with van der Waals surface area (Å²) < 4.78 is 18.8. The molecule has 1 fully saturated rings. The van der Waals surface area contributed by atoms with E-state index >= 15 is 0 Å². The third-order valence-corrected chi connectivity index (χ3v) is 5.36. The number of carbonyl (C=O) groups is 3. The fourth-order valence-electron chi connectivity index (χ4n) is 3.83. The fraction of sp³-hybridized carbons (Fsp3) is 0.450. The highest BCUT2D eigenvalue weighted by Crippen LogP contribution is 2.51. The minimum Gasteiger partial charge on any atom is -0.378 e. The van der Waals surface area contributed by atoms with E-state index < -0.39 is 23.1 Å². The number of carbonyl (C=O) groups excluding carboxylic acids is 3. The predicted molar refractivity (Wildman–Crippen MR) is 99.1 cm³/mol. The van der Waals surface area contributed by atoms with Crippen LogP contribution in [0.2, 0.25) is 0 Å². The molecule has 1 aliphatic heterocycles. The molecule has 0 radical (unpaired) electrons. The molecule has 1 aromatic rings. The van der Waals surface area contributed by atoms with Gasteiger partial charge in [-0.05, 0) is 37.1 Å². The second-order valence-corrected chi connectivity index (χ2v) is 7.17. The van der Waals surface area contributed by atoms with Crippen LogP contribution in [-0.4, -0.2) is 48.9 Å². The molecule has 3 atom stereocenters. The predicted octanol–water partition coefficient (Wildman–Crippen LogP) is 0.737. The van der Waals surface area contributed by atoms with Crippen LogP contribution < -0.4 is 11.1 Å². The molecule has 8 heteroatoms. The van der Waals surface area contributed by atoms with Crippen LogP contribution in [0.1, 0.15) is 18.9 Å². The van der Waals surface area contributed by atoms with Crippen molar-refractivity contribution in [3.63, 3.8) is 0 Å². The van der Waals surface area contributed by atoms with Crippen LogP contribution in [0.15, 0.2) is 35.9 Å². The van der Waals surface area contributed by atoms with Crippen LogP contribution in [0, 0.1) is 17.2 Å². The van der Waals surface area contributed by atoms with Gasteiger partial charge >= 0.3 is 0 Å². The molecular formula is C20H24FN3O4. The van der Waals surface area contributed by atoms with E-state index in [1.54, 1.807) is 12.1 Å². The van der Waals surface area contributed by atoms with Crippen molar-refractivity contribution in [2.75, 3.05) is 20.2 Å². The molecule has 0 bridgehead atoms. The minimum atomic E-state index is -1.18. The zero-order valence-electron chi connectivity index (χ0n) is 15.9. The highest BCUT2D eigenvalue weighted by molar-refractivity contribution is 6.19. The van der Waals surface area contributed by atoms with Crippen molar-refractivity contribution in [1.29, 1.82) is 0 Å². The normalized spacial score (nSPS) is 26.6. The van der Waals surface area contributed by atoms with Crippen molar-refractivity contribution in [1.82, 2.24) is 10.2 Å². The summed E-state index contributed by atoms with van der Waals surface area (Å²) in [5.74, 6) is -2.25. The van der Waals surface area contributed by atoms with E-state index in [2.05, 4.69) is 5.32 Å². The molecule has 1 saturated carbocycles. The number of hydrogen-bond acceptors (Lipinski definition) is 4. The number of benzene rings is 1. The molecule has 7 nitrogen and oxygen atoms in total. The van der Waals surface area contributed by atoms with Crippen LogP contribution in [0.25, 0.3) is 0 Å². The van der Waals surface area contributed by atoms with Crippen molar-refractivity contribution in [2.24, 2.45) is 17.1 Å². The van der Waals surface area contributed by atoms with Crippen LogP contribution in [0.5, 0.6) is 0 Å². The molecule has 0 saturated heterocycles. The number of halogens is 1. The lowest BCUT2D eigenvalue weighted by atomic mass is 9.76. The molecule has 0 aromatic heterocycles. The zero-order chi connectivity index (χ0) is 20.5. The number of nitrogens with zero attached hydrogens (tertiary/aromatic N) is 1. The molecule has 1 unspecified atom stereocenters. The first-order valence-corrected chi connectivity index (χ1v) is 9.22. The first-order valence-electron chi connectivity index (χ1n) is 9.22.